The number of nitrogens with zero attached hydrogens (tertiary/aromatic N) is 2. The molecule has 1 aliphatic rings. The Morgan fingerprint density at radius 1 is 1.53 bits per heavy atom. The van der Waals surface area contributed by atoms with Gasteiger partial charge in [-0.15, -0.1) is 0 Å². The van der Waals surface area contributed by atoms with Crippen LogP contribution >= 0.6 is 0 Å². The second-order valence-corrected chi connectivity index (χ2v) is 4.73. The molecule has 3 nitrogen and oxygen atoms in total. The molecule has 0 amide bonds. The summed E-state index contributed by atoms with van der Waals surface area (Å²) in [6, 6.07) is 0.741. The third-order valence-corrected chi connectivity index (χ3v) is 3.21. The Kier molecular flexibility index (Phi) is 3.41. The Bertz CT molecular complexity index is 300. The minimum atomic E-state index is 0.741. The molecule has 1 N–H and O–H groups in total. The van der Waals surface area contributed by atoms with Gasteiger partial charge in [-0.3, -0.25) is 0 Å². The van der Waals surface area contributed by atoms with Gasteiger partial charge in [0.25, 0.3) is 0 Å². The second-order valence-electron chi connectivity index (χ2n) is 4.73. The highest BCUT2D eigenvalue weighted by Crippen LogP contribution is 2.26. The van der Waals surface area contributed by atoms with Crippen LogP contribution in [0, 0.1) is 5.92 Å². The van der Waals surface area contributed by atoms with Crippen molar-refractivity contribution < 1.29 is 0 Å². The summed E-state index contributed by atoms with van der Waals surface area (Å²) in [5, 5.41) is 3.59. The minimum Gasteiger partial charge on any atom is -0.333 e. The van der Waals surface area contributed by atoms with E-state index in [4.69, 9.17) is 0 Å². The number of imidazole rings is 1. The summed E-state index contributed by atoms with van der Waals surface area (Å²) in [4.78, 5) is 4.20. The molecule has 0 spiro atoms. The quantitative estimate of drug-likeness (QED) is 0.802. The highest BCUT2D eigenvalue weighted by atomic mass is 15.1. The number of nitrogens with one attached hydrogen (secondary N) is 1. The number of aromatic nitrogens is 2. The Morgan fingerprint density at radius 2 is 2.33 bits per heavy atom. The van der Waals surface area contributed by atoms with Crippen LogP contribution in [-0.2, 0) is 13.1 Å². The van der Waals surface area contributed by atoms with Crippen molar-refractivity contribution in [3.63, 3.8) is 0 Å². The SMILES string of the molecule is CCCn1cncc1CNC1CC(C)C1. The lowest BCUT2D eigenvalue weighted by atomic mass is 9.82. The predicted molar refractivity (Wildman–Crippen MR) is 61.5 cm³/mol. The fourth-order valence-electron chi connectivity index (χ4n) is 2.26. The van der Waals surface area contributed by atoms with Crippen LogP contribution in [-0.4, -0.2) is 15.6 Å². The van der Waals surface area contributed by atoms with Crippen molar-refractivity contribution in [2.45, 2.75) is 52.2 Å². The van der Waals surface area contributed by atoms with Crippen molar-refractivity contribution in [2.24, 2.45) is 5.92 Å². The monoisotopic (exact) mass is 207 g/mol. The maximum absolute atomic E-state index is 4.20. The van der Waals surface area contributed by atoms with Gasteiger partial charge in [0.1, 0.15) is 0 Å². The van der Waals surface area contributed by atoms with Crippen LogP contribution in [0.4, 0.5) is 0 Å². The van der Waals surface area contributed by atoms with Crippen LogP contribution in [0.15, 0.2) is 12.5 Å². The van der Waals surface area contributed by atoms with Gasteiger partial charge in [-0.25, -0.2) is 4.98 Å². The van der Waals surface area contributed by atoms with Gasteiger partial charge >= 0.3 is 0 Å². The van der Waals surface area contributed by atoms with E-state index in [1.165, 1.54) is 25.0 Å². The maximum atomic E-state index is 4.20. The lowest BCUT2D eigenvalue weighted by Gasteiger charge is -2.33. The van der Waals surface area contributed by atoms with Gasteiger partial charge in [-0.2, -0.15) is 0 Å². The first-order chi connectivity index (χ1) is 7.29. The summed E-state index contributed by atoms with van der Waals surface area (Å²) in [5.74, 6) is 0.919. The average molecular weight is 207 g/mol. The van der Waals surface area contributed by atoms with Gasteiger partial charge in [0, 0.05) is 25.3 Å². The predicted octanol–water partition coefficient (Wildman–Crippen LogP) is 2.18. The first kappa shape index (κ1) is 10.7. The van der Waals surface area contributed by atoms with E-state index in [1.54, 1.807) is 0 Å². The Morgan fingerprint density at radius 3 is 3.00 bits per heavy atom. The normalized spacial score (nSPS) is 25.2. The molecule has 0 aliphatic heterocycles. The van der Waals surface area contributed by atoms with E-state index in [0.29, 0.717) is 0 Å². The fourth-order valence-corrected chi connectivity index (χ4v) is 2.26. The number of hydrogen-bond acceptors (Lipinski definition) is 2. The molecule has 1 heterocycles. The number of aryl methyl sites for hydroxylation is 1. The van der Waals surface area contributed by atoms with E-state index in [-0.39, 0.29) is 0 Å². The summed E-state index contributed by atoms with van der Waals surface area (Å²) < 4.78 is 2.25. The lowest BCUT2D eigenvalue weighted by molar-refractivity contribution is 0.239. The Balaban J connectivity index is 1.79. The molecule has 0 radical (unpaired) electrons. The van der Waals surface area contributed by atoms with Crippen molar-refractivity contribution in [3.05, 3.63) is 18.2 Å². The average Bonchev–Trinajstić information content (AvgIpc) is 2.59. The molecule has 0 saturated heterocycles. The molecule has 1 saturated carbocycles. The van der Waals surface area contributed by atoms with Crippen molar-refractivity contribution in [1.29, 1.82) is 0 Å². The van der Waals surface area contributed by atoms with Gasteiger partial charge in [0.2, 0.25) is 0 Å². The molecular weight excluding hydrogens is 186 g/mol. The van der Waals surface area contributed by atoms with E-state index in [1.807, 2.05) is 12.5 Å². The first-order valence-electron chi connectivity index (χ1n) is 6.02. The van der Waals surface area contributed by atoms with Crippen molar-refractivity contribution >= 4 is 0 Å². The molecule has 3 heteroatoms. The molecule has 1 aliphatic carbocycles. The minimum absolute atomic E-state index is 0.741. The van der Waals surface area contributed by atoms with Gasteiger partial charge in [-0.1, -0.05) is 13.8 Å². The molecule has 0 aromatic carbocycles. The van der Waals surface area contributed by atoms with Gasteiger partial charge in [-0.05, 0) is 25.2 Å². The highest BCUT2D eigenvalue weighted by Gasteiger charge is 2.24. The maximum Gasteiger partial charge on any atom is 0.0948 e. The van der Waals surface area contributed by atoms with Crippen LogP contribution < -0.4 is 5.32 Å². The third kappa shape index (κ3) is 2.59. The van der Waals surface area contributed by atoms with E-state index in [2.05, 4.69) is 28.7 Å². The van der Waals surface area contributed by atoms with E-state index < -0.39 is 0 Å². The first-order valence-corrected chi connectivity index (χ1v) is 6.02. The van der Waals surface area contributed by atoms with Gasteiger partial charge < -0.3 is 9.88 Å². The zero-order valence-corrected chi connectivity index (χ0v) is 9.74. The number of hydrogen-bond donors (Lipinski definition) is 1. The summed E-state index contributed by atoms with van der Waals surface area (Å²) in [5.41, 5.74) is 1.32. The van der Waals surface area contributed by atoms with Crippen LogP contribution in [0.2, 0.25) is 0 Å². The molecular formula is C12H21N3. The Labute approximate surface area is 91.9 Å². The van der Waals surface area contributed by atoms with E-state index in [9.17, 15) is 0 Å². The fraction of sp³-hybridized carbons (Fsp3) is 0.750. The second kappa shape index (κ2) is 4.79. The largest absolute Gasteiger partial charge is 0.333 e. The molecule has 0 unspecified atom stereocenters. The highest BCUT2D eigenvalue weighted by molar-refractivity contribution is 4.99. The van der Waals surface area contributed by atoms with Crippen LogP contribution in [0.5, 0.6) is 0 Å². The summed E-state index contributed by atoms with van der Waals surface area (Å²) >= 11 is 0. The molecule has 1 fully saturated rings. The molecule has 0 bridgehead atoms. The van der Waals surface area contributed by atoms with Gasteiger partial charge in [0.15, 0.2) is 0 Å². The molecule has 2 rings (SSSR count). The molecule has 15 heavy (non-hydrogen) atoms. The molecule has 1 aromatic heterocycles. The third-order valence-electron chi connectivity index (χ3n) is 3.21. The topological polar surface area (TPSA) is 29.9 Å². The Hall–Kier alpha value is -0.830. The van der Waals surface area contributed by atoms with Crippen LogP contribution in [0.3, 0.4) is 0 Å². The van der Waals surface area contributed by atoms with Crippen molar-refractivity contribution in [2.75, 3.05) is 0 Å². The molecule has 1 aromatic rings. The lowest BCUT2D eigenvalue weighted by Crippen LogP contribution is -2.39. The van der Waals surface area contributed by atoms with E-state index in [0.717, 1.165) is 25.0 Å². The smallest absolute Gasteiger partial charge is 0.0948 e. The summed E-state index contributed by atoms with van der Waals surface area (Å²) in [6.07, 6.45) is 7.75. The molecule has 0 atom stereocenters. The zero-order chi connectivity index (χ0) is 10.7. The van der Waals surface area contributed by atoms with Gasteiger partial charge in [0.05, 0.1) is 12.0 Å². The van der Waals surface area contributed by atoms with E-state index >= 15 is 0 Å². The number of rotatable bonds is 5. The summed E-state index contributed by atoms with van der Waals surface area (Å²) in [7, 11) is 0. The standard InChI is InChI=1S/C12H21N3/c1-3-4-15-9-13-7-12(15)8-14-11-5-10(2)6-11/h7,9-11,14H,3-6,8H2,1-2H3. The van der Waals surface area contributed by atoms with Crippen molar-refractivity contribution in [3.8, 4) is 0 Å². The zero-order valence-electron chi connectivity index (χ0n) is 9.74. The summed E-state index contributed by atoms with van der Waals surface area (Å²) in [6.45, 7) is 6.57. The molecule has 84 valence electrons. The van der Waals surface area contributed by atoms with Crippen molar-refractivity contribution in [1.82, 2.24) is 14.9 Å². The van der Waals surface area contributed by atoms with Crippen LogP contribution in [0.25, 0.3) is 0 Å². The van der Waals surface area contributed by atoms with Crippen LogP contribution in [0.1, 0.15) is 38.8 Å².